The van der Waals surface area contributed by atoms with E-state index in [4.69, 9.17) is 4.74 Å². The standard InChI is InChI=1S/C24H32O3.2C2H6/c1-15(2)16(3)17-11-10-12-18(13-17)21(26)27-20-14-19(25)22(4,5)24(8,9)23(20,6)7;2*1-2/h10-14H,1-9H3;2*1-2H3. The van der Waals surface area contributed by atoms with Crippen LogP contribution in [0.2, 0.25) is 0 Å². The summed E-state index contributed by atoms with van der Waals surface area (Å²) in [6.07, 6.45) is 1.51. The van der Waals surface area contributed by atoms with E-state index in [1.54, 1.807) is 6.07 Å². The van der Waals surface area contributed by atoms with E-state index >= 15 is 0 Å². The van der Waals surface area contributed by atoms with Gasteiger partial charge in [-0.05, 0) is 49.5 Å². The van der Waals surface area contributed by atoms with Crippen LogP contribution >= 0.6 is 0 Å². The summed E-state index contributed by atoms with van der Waals surface area (Å²) in [7, 11) is 0. The van der Waals surface area contributed by atoms with Crippen LogP contribution in [0.1, 0.15) is 106 Å². The summed E-state index contributed by atoms with van der Waals surface area (Å²) in [5.74, 6) is -0.00374. The lowest BCUT2D eigenvalue weighted by Gasteiger charge is -2.53. The van der Waals surface area contributed by atoms with Gasteiger partial charge < -0.3 is 4.74 Å². The van der Waals surface area contributed by atoms with Gasteiger partial charge in [-0.25, -0.2) is 4.79 Å². The number of esters is 1. The molecule has 1 aliphatic rings. The van der Waals surface area contributed by atoms with Gasteiger partial charge in [-0.2, -0.15) is 0 Å². The fourth-order valence-electron chi connectivity index (χ4n) is 3.36. The van der Waals surface area contributed by atoms with Crippen LogP contribution in [0.25, 0.3) is 5.57 Å². The minimum absolute atomic E-state index is 0.0104. The Morgan fingerprint density at radius 3 is 1.77 bits per heavy atom. The summed E-state index contributed by atoms with van der Waals surface area (Å²) in [6.45, 7) is 26.2. The van der Waals surface area contributed by atoms with Crippen LogP contribution < -0.4 is 0 Å². The third kappa shape index (κ3) is 5.56. The molecule has 0 radical (unpaired) electrons. The van der Waals surface area contributed by atoms with E-state index in [0.29, 0.717) is 11.3 Å². The highest BCUT2D eigenvalue weighted by Crippen LogP contribution is 2.58. The molecule has 3 nitrogen and oxygen atoms in total. The minimum atomic E-state index is -0.535. The Balaban J connectivity index is 0.00000212. The number of carbonyl (C=O) groups excluding carboxylic acids is 2. The van der Waals surface area contributed by atoms with Crippen molar-refractivity contribution in [1.29, 1.82) is 0 Å². The lowest BCUT2D eigenvalue weighted by atomic mass is 9.50. The molecule has 1 aromatic carbocycles. The van der Waals surface area contributed by atoms with Gasteiger partial charge in [0.05, 0.1) is 5.56 Å². The first-order valence-electron chi connectivity index (χ1n) is 11.5. The number of benzene rings is 1. The van der Waals surface area contributed by atoms with Gasteiger partial charge in [-0.3, -0.25) is 4.79 Å². The predicted molar refractivity (Wildman–Crippen MR) is 133 cm³/mol. The average Bonchev–Trinajstić information content (AvgIpc) is 2.74. The molecule has 0 amide bonds. The summed E-state index contributed by atoms with van der Waals surface area (Å²) >= 11 is 0. The highest BCUT2D eigenvalue weighted by molar-refractivity contribution is 5.98. The Kier molecular flexibility index (Phi) is 10.2. The SMILES string of the molecule is CC.CC.CC(C)=C(C)c1cccc(C(=O)OC2=CC(=O)C(C)(C)C(C)(C)C2(C)C)c1. The predicted octanol–water partition coefficient (Wildman–Crippen LogP) is 8.25. The van der Waals surface area contributed by atoms with Gasteiger partial charge in [-0.1, -0.05) is 86.9 Å². The zero-order chi connectivity index (χ0) is 24.8. The largest absolute Gasteiger partial charge is 0.427 e. The molecule has 31 heavy (non-hydrogen) atoms. The zero-order valence-electron chi connectivity index (χ0n) is 22.1. The molecule has 1 aliphatic carbocycles. The van der Waals surface area contributed by atoms with Crippen molar-refractivity contribution in [2.24, 2.45) is 16.2 Å². The van der Waals surface area contributed by atoms with Crippen LogP contribution in [0.15, 0.2) is 41.7 Å². The van der Waals surface area contributed by atoms with Crippen molar-refractivity contribution in [2.45, 2.75) is 90.0 Å². The molecule has 3 heteroatoms. The summed E-state index contributed by atoms with van der Waals surface area (Å²) in [5, 5.41) is 0. The Morgan fingerprint density at radius 1 is 0.806 bits per heavy atom. The Morgan fingerprint density at radius 2 is 1.29 bits per heavy atom. The molecule has 0 N–H and O–H groups in total. The van der Waals surface area contributed by atoms with E-state index in [-0.39, 0.29) is 11.2 Å². The van der Waals surface area contributed by atoms with Crippen LogP contribution in [0.5, 0.6) is 0 Å². The van der Waals surface area contributed by atoms with Crippen LogP contribution in [0.4, 0.5) is 0 Å². The topological polar surface area (TPSA) is 43.4 Å². The highest BCUT2D eigenvalue weighted by Gasteiger charge is 2.57. The second kappa shape index (κ2) is 10.9. The van der Waals surface area contributed by atoms with Crippen molar-refractivity contribution < 1.29 is 14.3 Å². The van der Waals surface area contributed by atoms with Crippen LogP contribution in [0, 0.1) is 16.2 Å². The van der Waals surface area contributed by atoms with Gasteiger partial charge in [-0.15, -0.1) is 0 Å². The second-order valence-electron chi connectivity index (χ2n) is 9.34. The number of allylic oxidation sites excluding steroid dienone is 4. The third-order valence-corrected chi connectivity index (χ3v) is 7.10. The van der Waals surface area contributed by atoms with Crippen molar-refractivity contribution in [3.05, 3.63) is 52.8 Å². The van der Waals surface area contributed by atoms with Crippen LogP contribution in [-0.4, -0.2) is 11.8 Å². The van der Waals surface area contributed by atoms with E-state index < -0.39 is 16.8 Å². The average molecular weight is 429 g/mol. The van der Waals surface area contributed by atoms with E-state index in [0.717, 1.165) is 11.1 Å². The first kappa shape index (κ1) is 28.8. The molecule has 0 saturated heterocycles. The first-order valence-corrected chi connectivity index (χ1v) is 11.5. The smallest absolute Gasteiger partial charge is 0.343 e. The molecular weight excluding hydrogens is 384 g/mol. The lowest BCUT2D eigenvalue weighted by Crippen LogP contribution is -2.53. The van der Waals surface area contributed by atoms with Crippen LogP contribution in [0.3, 0.4) is 0 Å². The molecule has 0 heterocycles. The Labute approximate surface area is 191 Å². The lowest BCUT2D eigenvalue weighted by molar-refractivity contribution is -0.137. The maximum absolute atomic E-state index is 12.8. The van der Waals surface area contributed by atoms with E-state index in [2.05, 4.69) is 13.8 Å². The maximum Gasteiger partial charge on any atom is 0.343 e. The maximum atomic E-state index is 12.8. The number of hydrogen-bond donors (Lipinski definition) is 0. The number of rotatable bonds is 3. The molecule has 0 unspecified atom stereocenters. The summed E-state index contributed by atoms with van der Waals surface area (Å²) in [6, 6.07) is 7.43. The Hall–Kier alpha value is -2.16. The first-order chi connectivity index (χ1) is 14.2. The van der Waals surface area contributed by atoms with Gasteiger partial charge in [0, 0.05) is 16.9 Å². The molecule has 0 fully saturated rings. The quantitative estimate of drug-likeness (QED) is 0.455. The summed E-state index contributed by atoms with van der Waals surface area (Å²) in [4.78, 5) is 25.5. The molecule has 174 valence electrons. The number of carbonyl (C=O) groups is 2. The van der Waals surface area contributed by atoms with E-state index in [9.17, 15) is 9.59 Å². The molecule has 0 saturated carbocycles. The fourth-order valence-corrected chi connectivity index (χ4v) is 3.36. The molecule has 1 aromatic rings. The van der Waals surface area contributed by atoms with E-state index in [1.807, 2.05) is 94.4 Å². The Bertz CT molecular complexity index is 845. The van der Waals surface area contributed by atoms with Crippen molar-refractivity contribution in [2.75, 3.05) is 0 Å². The normalized spacial score (nSPS) is 17.7. The van der Waals surface area contributed by atoms with Gasteiger partial charge in [0.2, 0.25) is 0 Å². The monoisotopic (exact) mass is 428 g/mol. The van der Waals surface area contributed by atoms with Gasteiger partial charge in [0.1, 0.15) is 5.76 Å². The minimum Gasteiger partial charge on any atom is -0.427 e. The molecular formula is C28H44O3. The number of ether oxygens (including phenoxy) is 1. The molecule has 2 rings (SSSR count). The third-order valence-electron chi connectivity index (χ3n) is 7.10. The number of hydrogen-bond acceptors (Lipinski definition) is 3. The van der Waals surface area contributed by atoms with Gasteiger partial charge in [0.25, 0.3) is 0 Å². The van der Waals surface area contributed by atoms with Crippen LogP contribution in [-0.2, 0) is 9.53 Å². The summed E-state index contributed by atoms with van der Waals surface area (Å²) < 4.78 is 5.77. The second-order valence-corrected chi connectivity index (χ2v) is 9.34. The van der Waals surface area contributed by atoms with Crippen molar-refractivity contribution in [1.82, 2.24) is 0 Å². The molecule has 0 aliphatic heterocycles. The fraction of sp³-hybridized carbons (Fsp3) is 0.571. The van der Waals surface area contributed by atoms with Crippen molar-refractivity contribution in [3.8, 4) is 0 Å². The molecule has 0 bridgehead atoms. The molecule has 0 atom stereocenters. The van der Waals surface area contributed by atoms with Crippen molar-refractivity contribution in [3.63, 3.8) is 0 Å². The number of ketones is 1. The van der Waals surface area contributed by atoms with Gasteiger partial charge >= 0.3 is 5.97 Å². The van der Waals surface area contributed by atoms with Gasteiger partial charge in [0.15, 0.2) is 5.78 Å². The molecule has 0 aromatic heterocycles. The summed E-state index contributed by atoms with van der Waals surface area (Å²) in [5.41, 5.74) is 2.45. The van der Waals surface area contributed by atoms with Crippen molar-refractivity contribution >= 4 is 17.3 Å². The zero-order valence-corrected chi connectivity index (χ0v) is 22.1. The van der Waals surface area contributed by atoms with E-state index in [1.165, 1.54) is 11.6 Å². The molecule has 0 spiro atoms. The highest BCUT2D eigenvalue weighted by atomic mass is 16.5.